The molecule has 2 aromatic rings. The van der Waals surface area contributed by atoms with Crippen LogP contribution in [-0.2, 0) is 33.8 Å². The summed E-state index contributed by atoms with van der Waals surface area (Å²) in [7, 11) is -1.18. The van der Waals surface area contributed by atoms with Gasteiger partial charge in [-0.15, -0.1) is 0 Å². The lowest BCUT2D eigenvalue weighted by Crippen LogP contribution is -2.45. The molecule has 0 amide bonds. The van der Waals surface area contributed by atoms with E-state index in [0.717, 1.165) is 42.9 Å². The number of sulfonamides is 1. The number of halogens is 3. The largest absolute Gasteiger partial charge is 0.490 e. The first-order chi connectivity index (χ1) is 14.9. The number of rotatable bonds is 4. The SMILES string of the molecule is CCCS(=O)(=O)N1CCC2(CC1)CCn1c(-c3cnn(C)c3)cnc12.O=C(O)C(F)(F)F. The number of carboxylic acids is 1. The highest BCUT2D eigenvalue weighted by molar-refractivity contribution is 7.89. The molecule has 0 aromatic carbocycles. The maximum absolute atomic E-state index is 12.3. The number of carboxylic acid groups (broad SMARTS) is 1. The Kier molecular flexibility index (Phi) is 6.70. The van der Waals surface area contributed by atoms with Gasteiger partial charge in [-0.3, -0.25) is 4.68 Å². The number of aryl methyl sites for hydroxylation is 1. The van der Waals surface area contributed by atoms with Crippen molar-refractivity contribution in [2.75, 3.05) is 18.8 Å². The van der Waals surface area contributed by atoms with Crippen LogP contribution in [0.2, 0.25) is 0 Å². The minimum Gasteiger partial charge on any atom is -0.475 e. The van der Waals surface area contributed by atoms with Crippen molar-refractivity contribution in [3.8, 4) is 11.3 Å². The number of imidazole rings is 1. The number of hydrogen-bond acceptors (Lipinski definition) is 5. The molecule has 1 spiro atoms. The number of piperidine rings is 1. The summed E-state index contributed by atoms with van der Waals surface area (Å²) in [5.41, 5.74) is 2.22. The Morgan fingerprint density at radius 1 is 1.19 bits per heavy atom. The van der Waals surface area contributed by atoms with Crippen molar-refractivity contribution in [2.24, 2.45) is 7.05 Å². The molecule has 0 saturated carbocycles. The van der Waals surface area contributed by atoms with Crippen LogP contribution in [0.15, 0.2) is 18.6 Å². The lowest BCUT2D eigenvalue weighted by atomic mass is 9.77. The monoisotopic (exact) mass is 477 g/mol. The molecule has 1 N–H and O–H groups in total. The van der Waals surface area contributed by atoms with E-state index in [-0.39, 0.29) is 11.2 Å². The zero-order valence-electron chi connectivity index (χ0n) is 17.8. The molecule has 4 rings (SSSR count). The fourth-order valence-electron chi connectivity index (χ4n) is 4.30. The van der Waals surface area contributed by atoms with Gasteiger partial charge in [0.25, 0.3) is 0 Å². The van der Waals surface area contributed by atoms with Crippen LogP contribution in [0.4, 0.5) is 13.2 Å². The molecule has 1 saturated heterocycles. The average molecular weight is 478 g/mol. The van der Waals surface area contributed by atoms with Crippen molar-refractivity contribution < 1.29 is 31.5 Å². The smallest absolute Gasteiger partial charge is 0.475 e. The summed E-state index contributed by atoms with van der Waals surface area (Å²) >= 11 is 0. The Hall–Kier alpha value is -2.41. The summed E-state index contributed by atoms with van der Waals surface area (Å²) in [6, 6.07) is 0. The number of nitrogens with zero attached hydrogens (tertiary/aromatic N) is 5. The van der Waals surface area contributed by atoms with Crippen molar-refractivity contribution in [1.29, 1.82) is 0 Å². The van der Waals surface area contributed by atoms with Crippen LogP contribution < -0.4 is 0 Å². The Balaban J connectivity index is 0.000000360. The summed E-state index contributed by atoms with van der Waals surface area (Å²) in [4.78, 5) is 13.6. The van der Waals surface area contributed by atoms with Crippen LogP contribution in [0.25, 0.3) is 11.3 Å². The molecule has 0 unspecified atom stereocenters. The fraction of sp³-hybridized carbons (Fsp3) is 0.632. The van der Waals surface area contributed by atoms with Gasteiger partial charge in [0.05, 0.1) is 23.8 Å². The molecule has 0 atom stereocenters. The molecule has 2 aliphatic heterocycles. The number of fused-ring (bicyclic) bond motifs is 2. The van der Waals surface area contributed by atoms with Gasteiger partial charge in [-0.25, -0.2) is 22.5 Å². The molecule has 13 heteroatoms. The highest BCUT2D eigenvalue weighted by atomic mass is 32.2. The highest BCUT2D eigenvalue weighted by Crippen LogP contribution is 2.44. The van der Waals surface area contributed by atoms with Crippen molar-refractivity contribution in [3.05, 3.63) is 24.4 Å². The van der Waals surface area contributed by atoms with Gasteiger partial charge < -0.3 is 9.67 Å². The summed E-state index contributed by atoms with van der Waals surface area (Å²) in [5.74, 6) is -1.38. The first-order valence-electron chi connectivity index (χ1n) is 10.2. The molecule has 0 aliphatic carbocycles. The molecular weight excluding hydrogens is 451 g/mol. The summed E-state index contributed by atoms with van der Waals surface area (Å²) < 4.78 is 62.2. The Labute approximate surface area is 183 Å². The van der Waals surface area contributed by atoms with Crippen molar-refractivity contribution in [1.82, 2.24) is 23.6 Å². The average Bonchev–Trinajstić information content (AvgIpc) is 3.39. The third-order valence-electron chi connectivity index (χ3n) is 5.92. The first-order valence-corrected chi connectivity index (χ1v) is 11.8. The van der Waals surface area contributed by atoms with E-state index in [1.54, 1.807) is 8.99 Å². The normalized spacial score (nSPS) is 18.3. The van der Waals surface area contributed by atoms with E-state index in [4.69, 9.17) is 14.9 Å². The van der Waals surface area contributed by atoms with Gasteiger partial charge in [-0.1, -0.05) is 6.92 Å². The maximum Gasteiger partial charge on any atom is 0.490 e. The highest BCUT2D eigenvalue weighted by Gasteiger charge is 2.45. The molecular formula is C19H26F3N5O4S. The predicted octanol–water partition coefficient (Wildman–Crippen LogP) is 2.39. The minimum absolute atomic E-state index is 0.0265. The lowest BCUT2D eigenvalue weighted by Gasteiger charge is -2.37. The van der Waals surface area contributed by atoms with Gasteiger partial charge >= 0.3 is 12.1 Å². The van der Waals surface area contributed by atoms with Crippen molar-refractivity contribution in [3.63, 3.8) is 0 Å². The minimum atomic E-state index is -5.08. The van der Waals surface area contributed by atoms with E-state index < -0.39 is 22.2 Å². The molecule has 178 valence electrons. The quantitative estimate of drug-likeness (QED) is 0.724. The van der Waals surface area contributed by atoms with Crippen molar-refractivity contribution in [2.45, 2.75) is 50.7 Å². The second-order valence-corrected chi connectivity index (χ2v) is 10.2. The van der Waals surface area contributed by atoms with Crippen LogP contribution in [0.5, 0.6) is 0 Å². The first kappa shape index (κ1) is 24.2. The van der Waals surface area contributed by atoms with E-state index in [1.807, 2.05) is 32.6 Å². The maximum atomic E-state index is 12.3. The Morgan fingerprint density at radius 3 is 2.28 bits per heavy atom. The Morgan fingerprint density at radius 2 is 1.78 bits per heavy atom. The summed E-state index contributed by atoms with van der Waals surface area (Å²) in [5, 5.41) is 11.4. The molecule has 32 heavy (non-hydrogen) atoms. The molecule has 9 nitrogen and oxygen atoms in total. The molecule has 0 bridgehead atoms. The standard InChI is InChI=1S/C17H25N5O2S.C2HF3O2/c1-3-10-25(23,24)21-7-4-17(5-8-21)6-9-22-15(12-18-16(17)22)14-11-19-20(2)13-14;3-2(4,5)1(6)7/h11-13H,3-10H2,1-2H3;(H,6,7). The lowest BCUT2D eigenvalue weighted by molar-refractivity contribution is -0.192. The van der Waals surface area contributed by atoms with Gasteiger partial charge in [-0.05, 0) is 25.7 Å². The van der Waals surface area contributed by atoms with E-state index >= 15 is 0 Å². The van der Waals surface area contributed by atoms with Crippen LogP contribution in [-0.4, -0.2) is 68.1 Å². The number of hydrogen-bond donors (Lipinski definition) is 1. The van der Waals surface area contributed by atoms with E-state index in [9.17, 15) is 21.6 Å². The van der Waals surface area contributed by atoms with Gasteiger partial charge in [0.2, 0.25) is 10.0 Å². The third-order valence-corrected chi connectivity index (χ3v) is 8.00. The summed E-state index contributed by atoms with van der Waals surface area (Å²) in [6.07, 6.45) is 4.17. The van der Waals surface area contributed by atoms with E-state index in [1.165, 1.54) is 0 Å². The molecule has 2 aliphatic rings. The number of alkyl halides is 3. The second-order valence-electron chi connectivity index (χ2n) is 8.07. The van der Waals surface area contributed by atoms with Gasteiger partial charge in [0, 0.05) is 43.9 Å². The van der Waals surface area contributed by atoms with Crippen LogP contribution in [0.1, 0.15) is 38.4 Å². The van der Waals surface area contributed by atoms with E-state index in [0.29, 0.717) is 19.5 Å². The van der Waals surface area contributed by atoms with Gasteiger partial charge in [-0.2, -0.15) is 18.3 Å². The molecule has 4 heterocycles. The third kappa shape index (κ3) is 4.82. The van der Waals surface area contributed by atoms with Gasteiger partial charge in [0.15, 0.2) is 0 Å². The molecule has 0 radical (unpaired) electrons. The van der Waals surface area contributed by atoms with Crippen LogP contribution >= 0.6 is 0 Å². The second kappa shape index (κ2) is 8.85. The molecule has 1 fully saturated rings. The van der Waals surface area contributed by atoms with Crippen LogP contribution in [0, 0.1) is 0 Å². The zero-order chi connectivity index (χ0) is 23.7. The predicted molar refractivity (Wildman–Crippen MR) is 109 cm³/mol. The van der Waals surface area contributed by atoms with Crippen molar-refractivity contribution >= 4 is 16.0 Å². The number of aromatic nitrogens is 4. The zero-order valence-corrected chi connectivity index (χ0v) is 18.7. The van der Waals surface area contributed by atoms with E-state index in [2.05, 4.69) is 9.67 Å². The Bertz CT molecular complexity index is 1070. The van der Waals surface area contributed by atoms with Crippen LogP contribution in [0.3, 0.4) is 0 Å². The fourth-order valence-corrected chi connectivity index (χ4v) is 5.81. The topological polar surface area (TPSA) is 110 Å². The summed E-state index contributed by atoms with van der Waals surface area (Å²) in [6.45, 7) is 4.08. The number of carbonyl (C=O) groups is 1. The number of aliphatic carboxylic acids is 1. The van der Waals surface area contributed by atoms with Gasteiger partial charge in [0.1, 0.15) is 5.82 Å². The molecule has 2 aromatic heterocycles.